The van der Waals surface area contributed by atoms with Crippen LogP contribution in [0.2, 0.25) is 0 Å². The molecule has 2 aromatic rings. The van der Waals surface area contributed by atoms with Crippen LogP contribution in [-0.4, -0.2) is 54.2 Å². The number of nitrogens with zero attached hydrogens (tertiary/aromatic N) is 1. The minimum Gasteiger partial charge on any atom is -0.306 e. The molecule has 2 aromatic carbocycles. The maximum Gasteiger partial charge on any atom is 0.460 e. The van der Waals surface area contributed by atoms with Gasteiger partial charge in [0.2, 0.25) is 0 Å². The van der Waals surface area contributed by atoms with E-state index in [0.717, 1.165) is 55.5 Å². The van der Waals surface area contributed by atoms with Crippen LogP contribution in [-0.2, 0) is 4.79 Å². The van der Waals surface area contributed by atoms with E-state index in [4.69, 9.17) is 0 Å². The van der Waals surface area contributed by atoms with Crippen LogP contribution in [0.15, 0.2) is 48.5 Å². The average molecular weight is 649 g/mol. The van der Waals surface area contributed by atoms with E-state index in [1.54, 1.807) is 0 Å². The van der Waals surface area contributed by atoms with Crippen LogP contribution in [0.1, 0.15) is 24.5 Å². The van der Waals surface area contributed by atoms with E-state index >= 15 is 0 Å². The number of alkyl halides is 15. The number of anilines is 1. The molecule has 0 aromatic heterocycles. The Morgan fingerprint density at radius 1 is 0.651 bits per heavy atom. The van der Waals surface area contributed by atoms with Crippen LogP contribution >= 0.6 is 0 Å². The molecule has 43 heavy (non-hydrogen) atoms. The van der Waals surface area contributed by atoms with Crippen LogP contribution < -0.4 is 4.90 Å². The molecular formula is C25H15F16NO. The molecule has 238 valence electrons. The lowest BCUT2D eigenvalue weighted by Crippen LogP contribution is -2.74. The summed E-state index contributed by atoms with van der Waals surface area (Å²) < 4.78 is 217. The zero-order chi connectivity index (χ0) is 33.4. The summed E-state index contributed by atoms with van der Waals surface area (Å²) >= 11 is 0. The monoisotopic (exact) mass is 649 g/mol. The highest BCUT2D eigenvalue weighted by molar-refractivity contribution is 6.00. The highest BCUT2D eigenvalue weighted by Crippen LogP contribution is 2.62. The Morgan fingerprint density at radius 3 is 1.60 bits per heavy atom. The lowest BCUT2D eigenvalue weighted by Gasteiger charge is -2.41. The molecule has 1 amide bonds. The van der Waals surface area contributed by atoms with Gasteiger partial charge in [0.15, 0.2) is 0 Å². The van der Waals surface area contributed by atoms with Crippen LogP contribution in [0.3, 0.4) is 0 Å². The van der Waals surface area contributed by atoms with Gasteiger partial charge in [-0.2, -0.15) is 65.9 Å². The van der Waals surface area contributed by atoms with Crippen LogP contribution in [0.5, 0.6) is 0 Å². The number of hydrogen-bond donors (Lipinski definition) is 0. The topological polar surface area (TPSA) is 20.3 Å². The molecule has 0 fully saturated rings. The second-order valence-electron chi connectivity index (χ2n) is 8.67. The van der Waals surface area contributed by atoms with Crippen molar-refractivity contribution in [2.45, 2.75) is 55.1 Å². The normalized spacial score (nSPS) is 13.8. The zero-order valence-electron chi connectivity index (χ0n) is 20.9. The fraction of sp³-hybridized carbons (Fsp3) is 0.400. The standard InChI is InChI=1S/C25H15F16NO/c1-2-13-42(17-6-4-3-5-15(17)10-7-14-8-11-16(26)12-9-14)18(43)19(27,28)20(29,30)21(31,32)22(33,34)23(35,36)24(37,38)25(39,40)41/h3-6,8-9,11-12H,2,13H2,1H3. The van der Waals surface area contributed by atoms with E-state index in [1.165, 1.54) is 0 Å². The van der Waals surface area contributed by atoms with Crippen molar-refractivity contribution in [3.8, 4) is 11.8 Å². The largest absolute Gasteiger partial charge is 0.460 e. The van der Waals surface area contributed by atoms with Gasteiger partial charge in [-0.25, -0.2) is 4.39 Å². The Kier molecular flexibility index (Phi) is 9.47. The van der Waals surface area contributed by atoms with Crippen molar-refractivity contribution in [1.29, 1.82) is 0 Å². The zero-order valence-corrected chi connectivity index (χ0v) is 20.9. The summed E-state index contributed by atoms with van der Waals surface area (Å²) in [5.74, 6) is -48.1. The van der Waals surface area contributed by atoms with Gasteiger partial charge < -0.3 is 4.90 Å². The molecule has 0 N–H and O–H groups in total. The first-order valence-corrected chi connectivity index (χ1v) is 11.3. The molecule has 18 heteroatoms. The van der Waals surface area contributed by atoms with Crippen molar-refractivity contribution in [2.75, 3.05) is 11.4 Å². The second-order valence-corrected chi connectivity index (χ2v) is 8.67. The molecule has 0 aliphatic carbocycles. The van der Waals surface area contributed by atoms with Crippen molar-refractivity contribution < 1.29 is 75.0 Å². The summed E-state index contributed by atoms with van der Waals surface area (Å²) in [4.78, 5) is 12.2. The molecule has 0 radical (unpaired) electrons. The predicted octanol–water partition coefficient (Wildman–Crippen LogP) is 8.34. The third-order valence-corrected chi connectivity index (χ3v) is 5.67. The maximum absolute atomic E-state index is 14.7. The molecule has 0 spiro atoms. The van der Waals surface area contributed by atoms with Gasteiger partial charge in [-0.05, 0) is 42.8 Å². The molecule has 0 heterocycles. The number of amides is 1. The third kappa shape index (κ3) is 5.81. The van der Waals surface area contributed by atoms with E-state index in [-0.39, 0.29) is 10.5 Å². The number of benzene rings is 2. The van der Waals surface area contributed by atoms with E-state index in [0.29, 0.717) is 0 Å². The van der Waals surface area contributed by atoms with Crippen LogP contribution in [0.25, 0.3) is 0 Å². The summed E-state index contributed by atoms with van der Waals surface area (Å²) in [5, 5.41) is 0. The van der Waals surface area contributed by atoms with Gasteiger partial charge in [-0.3, -0.25) is 4.79 Å². The highest BCUT2D eigenvalue weighted by Gasteiger charge is 2.94. The molecular weight excluding hydrogens is 634 g/mol. The predicted molar refractivity (Wildman–Crippen MR) is 117 cm³/mol. The Labute approximate surface area is 231 Å². The minimum absolute atomic E-state index is 0.0693. The fourth-order valence-corrected chi connectivity index (χ4v) is 3.31. The number of carbonyl (C=O) groups is 1. The molecule has 2 nitrogen and oxygen atoms in total. The van der Waals surface area contributed by atoms with Gasteiger partial charge in [0.25, 0.3) is 0 Å². The Bertz CT molecular complexity index is 1370. The number of halogens is 16. The maximum atomic E-state index is 14.7. The summed E-state index contributed by atoms with van der Waals surface area (Å²) in [7, 11) is 0. The molecule has 0 aliphatic heterocycles. The van der Waals surface area contributed by atoms with E-state index < -0.39 is 77.7 Å². The quantitative estimate of drug-likeness (QED) is 0.198. The number of hydrogen-bond acceptors (Lipinski definition) is 1. The van der Waals surface area contributed by atoms with E-state index in [9.17, 15) is 75.0 Å². The number of carbonyl (C=O) groups excluding carboxylic acids is 1. The van der Waals surface area contributed by atoms with Crippen molar-refractivity contribution >= 4 is 11.6 Å². The van der Waals surface area contributed by atoms with Gasteiger partial charge in [0.1, 0.15) is 5.82 Å². The van der Waals surface area contributed by atoms with Gasteiger partial charge >= 0.3 is 47.6 Å². The first-order chi connectivity index (χ1) is 19.3. The lowest BCUT2D eigenvalue weighted by atomic mass is 9.90. The molecule has 0 unspecified atom stereocenters. The van der Waals surface area contributed by atoms with Crippen molar-refractivity contribution in [3.63, 3.8) is 0 Å². The lowest BCUT2D eigenvalue weighted by molar-refractivity contribution is -0.449. The van der Waals surface area contributed by atoms with Crippen LogP contribution in [0.4, 0.5) is 75.9 Å². The first kappa shape index (κ1) is 35.5. The summed E-state index contributed by atoms with van der Waals surface area (Å²) in [6.07, 6.45) is -8.17. The van der Waals surface area contributed by atoms with Crippen molar-refractivity contribution in [2.24, 2.45) is 0 Å². The molecule has 0 atom stereocenters. The summed E-state index contributed by atoms with van der Waals surface area (Å²) in [6, 6.07) is 7.96. The molecule has 0 aliphatic rings. The Morgan fingerprint density at radius 2 is 1.12 bits per heavy atom. The van der Waals surface area contributed by atoms with Crippen molar-refractivity contribution in [1.82, 2.24) is 0 Å². The fourth-order valence-electron chi connectivity index (χ4n) is 3.31. The van der Waals surface area contributed by atoms with Gasteiger partial charge in [0.05, 0.1) is 5.69 Å². The van der Waals surface area contributed by atoms with Crippen molar-refractivity contribution in [3.05, 3.63) is 65.5 Å². The molecule has 2 rings (SSSR count). The van der Waals surface area contributed by atoms with Gasteiger partial charge in [-0.1, -0.05) is 30.9 Å². The second kappa shape index (κ2) is 11.5. The van der Waals surface area contributed by atoms with Gasteiger partial charge in [0, 0.05) is 17.7 Å². The number of rotatable bonds is 9. The molecule has 0 saturated heterocycles. The smallest absolute Gasteiger partial charge is 0.306 e. The minimum atomic E-state index is -8.51. The summed E-state index contributed by atoms with van der Waals surface area (Å²) in [5.41, 5.74) is -1.25. The highest BCUT2D eigenvalue weighted by atomic mass is 19.4. The number of para-hydroxylation sites is 1. The summed E-state index contributed by atoms with van der Waals surface area (Å²) in [6.45, 7) is 0.0515. The third-order valence-electron chi connectivity index (χ3n) is 5.67. The van der Waals surface area contributed by atoms with Crippen LogP contribution in [0, 0.1) is 17.7 Å². The van der Waals surface area contributed by atoms with E-state index in [2.05, 4.69) is 11.8 Å². The average Bonchev–Trinajstić information content (AvgIpc) is 2.90. The SMILES string of the molecule is CCCN(C(=O)C(F)(F)C(F)(F)C(F)(F)C(F)(F)C(F)(F)C(F)(F)C(F)(F)F)c1ccccc1C#Cc1ccc(F)cc1. The van der Waals surface area contributed by atoms with Gasteiger partial charge in [-0.15, -0.1) is 0 Å². The Hall–Kier alpha value is -3.65. The first-order valence-electron chi connectivity index (χ1n) is 11.3. The molecule has 0 saturated carbocycles. The Balaban J connectivity index is 2.65. The molecule has 0 bridgehead atoms. The van der Waals surface area contributed by atoms with E-state index in [1.807, 2.05) is 0 Å².